The Morgan fingerprint density at radius 2 is 1.36 bits per heavy atom. The number of allylic oxidation sites excluding steroid dienone is 2. The molecule has 0 saturated heterocycles. The van der Waals surface area contributed by atoms with Gasteiger partial charge in [-0.15, -0.1) is 0 Å². The third kappa shape index (κ3) is 6.35. The van der Waals surface area contributed by atoms with E-state index in [1.165, 1.54) is 56.9 Å². The van der Waals surface area contributed by atoms with Gasteiger partial charge in [-0.3, -0.25) is 0 Å². The third-order valence-electron chi connectivity index (χ3n) is 8.86. The van der Waals surface area contributed by atoms with Gasteiger partial charge in [0.05, 0.1) is 0 Å². The zero-order chi connectivity index (χ0) is 23.6. The van der Waals surface area contributed by atoms with Crippen LogP contribution in [0.3, 0.4) is 0 Å². The van der Waals surface area contributed by atoms with Gasteiger partial charge in [-0.05, 0) is 123 Å². The van der Waals surface area contributed by atoms with Gasteiger partial charge in [-0.1, -0.05) is 43.5 Å². The van der Waals surface area contributed by atoms with Crippen LogP contribution in [0.15, 0.2) is 30.1 Å². The van der Waals surface area contributed by atoms with E-state index in [2.05, 4.69) is 25.1 Å². The first-order valence-electron chi connectivity index (χ1n) is 12.9. The van der Waals surface area contributed by atoms with Crippen molar-refractivity contribution in [3.8, 4) is 0 Å². The van der Waals surface area contributed by atoms with E-state index in [9.17, 15) is 17.6 Å². The minimum Gasteiger partial charge on any atom is -0.202 e. The van der Waals surface area contributed by atoms with Gasteiger partial charge in [0.2, 0.25) is 0 Å². The Hall–Kier alpha value is -1.03. The molecule has 0 N–H and O–H groups in total. The molecule has 5 heteroatoms. The van der Waals surface area contributed by atoms with Gasteiger partial charge in [0, 0.05) is 5.02 Å². The van der Waals surface area contributed by atoms with E-state index in [4.69, 9.17) is 11.6 Å². The largest absolute Gasteiger partial charge is 0.442 e. The van der Waals surface area contributed by atoms with E-state index < -0.39 is 12.0 Å². The average Bonchev–Trinajstić information content (AvgIpc) is 2.80. The lowest BCUT2D eigenvalue weighted by Gasteiger charge is -2.37. The standard InChI is InChI=1S/C28H37ClF4/c1-18-2-6-20(7-3-18)21-10-12-22(13-11-21)24-14-15-25(26(29)17-24)23-8-4-19(5-9-23)16-27(30)28(31,32)33/h14-23H,2-13H2,1H3. The van der Waals surface area contributed by atoms with Crippen LogP contribution in [0.5, 0.6) is 0 Å². The van der Waals surface area contributed by atoms with E-state index >= 15 is 0 Å². The van der Waals surface area contributed by atoms with Crippen LogP contribution < -0.4 is 0 Å². The topological polar surface area (TPSA) is 0 Å². The summed E-state index contributed by atoms with van der Waals surface area (Å²) in [5.74, 6) is 1.27. The van der Waals surface area contributed by atoms with Gasteiger partial charge in [-0.25, -0.2) is 4.39 Å². The summed E-state index contributed by atoms with van der Waals surface area (Å²) in [4.78, 5) is 0. The van der Waals surface area contributed by atoms with Crippen LogP contribution in [-0.4, -0.2) is 6.18 Å². The van der Waals surface area contributed by atoms with Crippen LogP contribution in [0.2, 0.25) is 5.02 Å². The van der Waals surface area contributed by atoms with Crippen molar-refractivity contribution in [2.24, 2.45) is 23.7 Å². The molecule has 33 heavy (non-hydrogen) atoms. The summed E-state index contributed by atoms with van der Waals surface area (Å²) < 4.78 is 50.6. The van der Waals surface area contributed by atoms with Gasteiger partial charge in [0.1, 0.15) is 0 Å². The Kier molecular flexibility index (Phi) is 8.14. The number of hydrogen-bond donors (Lipinski definition) is 0. The molecule has 0 atom stereocenters. The first kappa shape index (κ1) is 25.1. The lowest BCUT2D eigenvalue weighted by Crippen LogP contribution is -2.24. The molecule has 0 bridgehead atoms. The second-order valence-corrected chi connectivity index (χ2v) is 11.4. The quantitative estimate of drug-likeness (QED) is 0.373. The predicted molar refractivity (Wildman–Crippen MR) is 127 cm³/mol. The smallest absolute Gasteiger partial charge is 0.202 e. The Balaban J connectivity index is 1.30. The molecule has 1 aromatic rings. The number of halogens is 5. The molecule has 0 amide bonds. The molecule has 0 heterocycles. The van der Waals surface area contributed by atoms with Gasteiger partial charge < -0.3 is 0 Å². The van der Waals surface area contributed by atoms with E-state index in [0.29, 0.717) is 18.8 Å². The maximum absolute atomic E-state index is 13.3. The monoisotopic (exact) mass is 484 g/mol. The highest BCUT2D eigenvalue weighted by atomic mass is 35.5. The summed E-state index contributed by atoms with van der Waals surface area (Å²) in [5.41, 5.74) is 2.44. The maximum atomic E-state index is 13.3. The molecule has 184 valence electrons. The molecular weight excluding hydrogens is 448 g/mol. The van der Waals surface area contributed by atoms with Gasteiger partial charge in [0.15, 0.2) is 5.83 Å². The molecule has 0 radical (unpaired) electrons. The van der Waals surface area contributed by atoms with Crippen molar-refractivity contribution in [2.75, 3.05) is 0 Å². The van der Waals surface area contributed by atoms with E-state index in [1.54, 1.807) is 0 Å². The zero-order valence-corrected chi connectivity index (χ0v) is 20.4. The molecular formula is C28H37ClF4. The fourth-order valence-corrected chi connectivity index (χ4v) is 7.05. The minimum absolute atomic E-state index is 0.245. The number of alkyl halides is 3. The average molecular weight is 485 g/mol. The van der Waals surface area contributed by atoms with Crippen molar-refractivity contribution in [1.82, 2.24) is 0 Å². The molecule has 4 rings (SSSR count). The Labute approximate surface area is 201 Å². The maximum Gasteiger partial charge on any atom is 0.442 e. The SMILES string of the molecule is CC1CCC(C2CCC(c3ccc(C4CCC(C=C(F)C(F)(F)F)CC4)c(Cl)c3)CC2)CC1. The van der Waals surface area contributed by atoms with Crippen LogP contribution >= 0.6 is 11.6 Å². The highest BCUT2D eigenvalue weighted by Gasteiger charge is 2.36. The van der Waals surface area contributed by atoms with Gasteiger partial charge in [0.25, 0.3) is 0 Å². The lowest BCUT2D eigenvalue weighted by molar-refractivity contribution is -0.109. The zero-order valence-electron chi connectivity index (χ0n) is 19.6. The summed E-state index contributed by atoms with van der Waals surface area (Å²) in [6, 6.07) is 6.51. The number of benzene rings is 1. The number of rotatable bonds is 4. The highest BCUT2D eigenvalue weighted by molar-refractivity contribution is 6.31. The molecule has 0 spiro atoms. The summed E-state index contributed by atoms with van der Waals surface area (Å²) >= 11 is 6.71. The van der Waals surface area contributed by atoms with Crippen molar-refractivity contribution in [2.45, 2.75) is 102 Å². The van der Waals surface area contributed by atoms with Crippen LogP contribution in [0.1, 0.15) is 107 Å². The molecule has 0 aromatic heterocycles. The van der Waals surface area contributed by atoms with Crippen molar-refractivity contribution in [3.63, 3.8) is 0 Å². The second-order valence-electron chi connectivity index (χ2n) is 11.0. The first-order valence-corrected chi connectivity index (χ1v) is 13.3. The van der Waals surface area contributed by atoms with Crippen molar-refractivity contribution >= 4 is 11.6 Å². The molecule has 0 aliphatic heterocycles. The number of hydrogen-bond acceptors (Lipinski definition) is 0. The molecule has 1 aromatic carbocycles. The van der Waals surface area contributed by atoms with Crippen molar-refractivity contribution in [3.05, 3.63) is 46.3 Å². The van der Waals surface area contributed by atoms with Gasteiger partial charge >= 0.3 is 6.18 Å². The molecule has 3 saturated carbocycles. The third-order valence-corrected chi connectivity index (χ3v) is 9.19. The summed E-state index contributed by atoms with van der Waals surface area (Å²) in [5, 5.41) is 0.788. The van der Waals surface area contributed by atoms with Crippen LogP contribution in [0.25, 0.3) is 0 Å². The van der Waals surface area contributed by atoms with E-state index in [1.807, 2.05) is 0 Å². The van der Waals surface area contributed by atoms with Gasteiger partial charge in [-0.2, -0.15) is 13.2 Å². The molecule has 3 aliphatic carbocycles. The fraction of sp³-hybridized carbons (Fsp3) is 0.714. The Morgan fingerprint density at radius 1 is 0.818 bits per heavy atom. The van der Waals surface area contributed by atoms with E-state index in [-0.39, 0.29) is 11.8 Å². The second kappa shape index (κ2) is 10.7. The Bertz CT molecular complexity index is 806. The Morgan fingerprint density at radius 3 is 1.91 bits per heavy atom. The predicted octanol–water partition coefficient (Wildman–Crippen LogP) is 10.1. The lowest BCUT2D eigenvalue weighted by atomic mass is 9.68. The summed E-state index contributed by atoms with van der Waals surface area (Å²) in [7, 11) is 0. The molecule has 3 fully saturated rings. The summed E-state index contributed by atoms with van der Waals surface area (Å²) in [6.07, 6.45) is 9.30. The van der Waals surface area contributed by atoms with Crippen LogP contribution in [-0.2, 0) is 0 Å². The first-order chi connectivity index (χ1) is 15.7. The highest BCUT2D eigenvalue weighted by Crippen LogP contribution is 2.45. The summed E-state index contributed by atoms with van der Waals surface area (Å²) in [6.45, 7) is 2.39. The van der Waals surface area contributed by atoms with E-state index in [0.717, 1.165) is 47.3 Å². The van der Waals surface area contributed by atoms with Crippen LogP contribution in [0.4, 0.5) is 17.6 Å². The molecule has 3 aliphatic rings. The van der Waals surface area contributed by atoms with Crippen molar-refractivity contribution < 1.29 is 17.6 Å². The minimum atomic E-state index is -4.87. The molecule has 0 unspecified atom stereocenters. The normalized spacial score (nSPS) is 34.3. The van der Waals surface area contributed by atoms with Crippen molar-refractivity contribution in [1.29, 1.82) is 0 Å². The fourth-order valence-electron chi connectivity index (χ4n) is 6.71. The molecule has 0 nitrogen and oxygen atoms in total. The van der Waals surface area contributed by atoms with Crippen LogP contribution in [0, 0.1) is 23.7 Å².